The van der Waals surface area contributed by atoms with Crippen LogP contribution in [-0.4, -0.2) is 17.9 Å². The molecule has 0 atom stereocenters. The van der Waals surface area contributed by atoms with Crippen LogP contribution in [0.5, 0.6) is 0 Å². The van der Waals surface area contributed by atoms with Gasteiger partial charge in [0, 0.05) is 18.0 Å². The number of amidine groups is 1. The molecule has 0 aliphatic heterocycles. The zero-order valence-electron chi connectivity index (χ0n) is 9.89. The van der Waals surface area contributed by atoms with E-state index in [0.29, 0.717) is 5.84 Å². The minimum atomic E-state index is 0.406. The van der Waals surface area contributed by atoms with Crippen molar-refractivity contribution in [2.45, 2.75) is 0 Å². The number of oxime groups is 1. The molecule has 1 aromatic heterocycles. The summed E-state index contributed by atoms with van der Waals surface area (Å²) in [5.41, 5.74) is 1.56. The third-order valence-electron chi connectivity index (χ3n) is 2.13. The monoisotopic (exact) mass is 240 g/mol. The SMILES string of the molecule is CO/N=C(/N=Nc1ccccc1)c1ccncc1. The van der Waals surface area contributed by atoms with Gasteiger partial charge in [0.25, 0.3) is 0 Å². The highest BCUT2D eigenvalue weighted by atomic mass is 16.6. The van der Waals surface area contributed by atoms with E-state index in [-0.39, 0.29) is 0 Å². The zero-order chi connectivity index (χ0) is 12.6. The van der Waals surface area contributed by atoms with E-state index in [1.165, 1.54) is 7.11 Å². The highest BCUT2D eigenvalue weighted by Gasteiger charge is 2.02. The fourth-order valence-electron chi connectivity index (χ4n) is 1.32. The van der Waals surface area contributed by atoms with E-state index in [2.05, 4.69) is 20.4 Å². The average molecular weight is 240 g/mol. The summed E-state index contributed by atoms with van der Waals surface area (Å²) in [4.78, 5) is 8.70. The second kappa shape index (κ2) is 6.24. The Morgan fingerprint density at radius 2 is 1.78 bits per heavy atom. The summed E-state index contributed by atoms with van der Waals surface area (Å²) in [6.07, 6.45) is 3.33. The van der Waals surface area contributed by atoms with Crippen LogP contribution in [0.25, 0.3) is 0 Å². The van der Waals surface area contributed by atoms with Crippen molar-refractivity contribution >= 4 is 11.5 Å². The Labute approximate surface area is 105 Å². The van der Waals surface area contributed by atoms with Crippen LogP contribution in [0.4, 0.5) is 5.69 Å². The van der Waals surface area contributed by atoms with Gasteiger partial charge in [0.1, 0.15) is 7.11 Å². The molecule has 5 nitrogen and oxygen atoms in total. The molecule has 2 aromatic rings. The zero-order valence-corrected chi connectivity index (χ0v) is 9.89. The summed E-state index contributed by atoms with van der Waals surface area (Å²) in [6.45, 7) is 0. The molecule has 0 saturated carbocycles. The van der Waals surface area contributed by atoms with Gasteiger partial charge in [0.2, 0.25) is 5.84 Å². The largest absolute Gasteiger partial charge is 0.397 e. The summed E-state index contributed by atoms with van der Waals surface area (Å²) >= 11 is 0. The number of hydrogen-bond donors (Lipinski definition) is 0. The minimum absolute atomic E-state index is 0.406. The fraction of sp³-hybridized carbons (Fsp3) is 0.0769. The van der Waals surface area contributed by atoms with Crippen molar-refractivity contribution in [3.05, 3.63) is 60.4 Å². The van der Waals surface area contributed by atoms with Gasteiger partial charge in [0.05, 0.1) is 5.69 Å². The second-order valence-electron chi connectivity index (χ2n) is 3.37. The first-order valence-corrected chi connectivity index (χ1v) is 5.38. The lowest BCUT2D eigenvalue weighted by molar-refractivity contribution is 0.213. The van der Waals surface area contributed by atoms with Crippen molar-refractivity contribution in [3.63, 3.8) is 0 Å². The second-order valence-corrected chi connectivity index (χ2v) is 3.37. The molecule has 0 radical (unpaired) electrons. The Morgan fingerprint density at radius 1 is 1.06 bits per heavy atom. The standard InChI is InChI=1S/C13H12N4O/c1-18-17-13(11-7-9-14-10-8-11)16-15-12-5-3-2-4-6-12/h2-10H,1H3/b16-15?,17-13+. The lowest BCUT2D eigenvalue weighted by atomic mass is 10.2. The van der Waals surface area contributed by atoms with Crippen molar-refractivity contribution in [2.24, 2.45) is 15.4 Å². The number of hydrogen-bond acceptors (Lipinski definition) is 4. The third kappa shape index (κ3) is 3.21. The van der Waals surface area contributed by atoms with Crippen LogP contribution in [0, 0.1) is 0 Å². The summed E-state index contributed by atoms with van der Waals surface area (Å²) in [5, 5.41) is 12.0. The molecule has 0 aliphatic rings. The van der Waals surface area contributed by atoms with E-state index < -0.39 is 0 Å². The number of rotatable bonds is 3. The van der Waals surface area contributed by atoms with Crippen molar-refractivity contribution in [1.29, 1.82) is 0 Å². The lowest BCUT2D eigenvalue weighted by Crippen LogP contribution is -1.97. The molecule has 0 N–H and O–H groups in total. The summed E-state index contributed by atoms with van der Waals surface area (Å²) in [5.74, 6) is 0.406. The van der Waals surface area contributed by atoms with E-state index in [1.54, 1.807) is 24.5 Å². The van der Waals surface area contributed by atoms with Gasteiger partial charge in [-0.05, 0) is 24.3 Å². The first kappa shape index (κ1) is 11.9. The molecule has 0 aliphatic carbocycles. The Bertz CT molecular complexity index is 537. The number of benzene rings is 1. The maximum Gasteiger partial charge on any atom is 0.220 e. The molecule has 0 spiro atoms. The van der Waals surface area contributed by atoms with Gasteiger partial charge in [-0.2, -0.15) is 0 Å². The van der Waals surface area contributed by atoms with Crippen LogP contribution in [0.1, 0.15) is 5.56 Å². The molecule has 2 rings (SSSR count). The number of pyridine rings is 1. The van der Waals surface area contributed by atoms with Gasteiger partial charge in [-0.15, -0.1) is 10.2 Å². The maximum atomic E-state index is 4.76. The highest BCUT2D eigenvalue weighted by molar-refractivity contribution is 5.98. The first-order valence-electron chi connectivity index (χ1n) is 5.38. The van der Waals surface area contributed by atoms with Crippen LogP contribution < -0.4 is 0 Å². The molecule has 1 heterocycles. The molecular weight excluding hydrogens is 228 g/mol. The number of azo groups is 1. The van der Waals surface area contributed by atoms with Gasteiger partial charge in [-0.25, -0.2) is 0 Å². The lowest BCUT2D eigenvalue weighted by Gasteiger charge is -1.98. The van der Waals surface area contributed by atoms with Crippen LogP contribution in [0.3, 0.4) is 0 Å². The molecular formula is C13H12N4O. The summed E-state index contributed by atoms with van der Waals surface area (Å²) in [6, 6.07) is 13.0. The molecule has 0 bridgehead atoms. The number of aromatic nitrogens is 1. The minimum Gasteiger partial charge on any atom is -0.397 e. The number of nitrogens with zero attached hydrogens (tertiary/aromatic N) is 4. The average Bonchev–Trinajstić information content (AvgIpc) is 2.45. The van der Waals surface area contributed by atoms with E-state index in [0.717, 1.165) is 11.3 Å². The molecule has 0 saturated heterocycles. The van der Waals surface area contributed by atoms with E-state index >= 15 is 0 Å². The molecule has 5 heteroatoms. The quantitative estimate of drug-likeness (QED) is 0.358. The predicted molar refractivity (Wildman–Crippen MR) is 68.7 cm³/mol. The van der Waals surface area contributed by atoms with Crippen LogP contribution >= 0.6 is 0 Å². The molecule has 0 amide bonds. The van der Waals surface area contributed by atoms with Gasteiger partial charge >= 0.3 is 0 Å². The smallest absolute Gasteiger partial charge is 0.220 e. The van der Waals surface area contributed by atoms with Crippen molar-refractivity contribution in [2.75, 3.05) is 7.11 Å². The maximum absolute atomic E-state index is 4.76. The van der Waals surface area contributed by atoms with Crippen LogP contribution in [0.2, 0.25) is 0 Å². The highest BCUT2D eigenvalue weighted by Crippen LogP contribution is 2.12. The summed E-state index contributed by atoms with van der Waals surface area (Å²) in [7, 11) is 1.47. The first-order chi connectivity index (χ1) is 8.90. The fourth-order valence-corrected chi connectivity index (χ4v) is 1.32. The van der Waals surface area contributed by atoms with Gasteiger partial charge < -0.3 is 4.84 Å². The Kier molecular flexibility index (Phi) is 4.13. The molecule has 90 valence electrons. The predicted octanol–water partition coefficient (Wildman–Crippen LogP) is 3.17. The normalized spacial score (nSPS) is 11.7. The van der Waals surface area contributed by atoms with Gasteiger partial charge in [-0.3, -0.25) is 4.98 Å². The molecule has 18 heavy (non-hydrogen) atoms. The Morgan fingerprint density at radius 3 is 2.44 bits per heavy atom. The van der Waals surface area contributed by atoms with Gasteiger partial charge in [-0.1, -0.05) is 23.4 Å². The Balaban J connectivity index is 2.23. The van der Waals surface area contributed by atoms with E-state index in [9.17, 15) is 0 Å². The third-order valence-corrected chi connectivity index (χ3v) is 2.13. The van der Waals surface area contributed by atoms with Crippen molar-refractivity contribution in [1.82, 2.24) is 4.98 Å². The van der Waals surface area contributed by atoms with E-state index in [4.69, 9.17) is 4.84 Å². The van der Waals surface area contributed by atoms with Crippen LogP contribution in [0.15, 0.2) is 70.2 Å². The van der Waals surface area contributed by atoms with E-state index in [1.807, 2.05) is 30.3 Å². The molecule has 1 aromatic carbocycles. The molecule has 0 unspecified atom stereocenters. The van der Waals surface area contributed by atoms with Crippen molar-refractivity contribution < 1.29 is 4.84 Å². The van der Waals surface area contributed by atoms with Crippen molar-refractivity contribution in [3.8, 4) is 0 Å². The topological polar surface area (TPSA) is 59.2 Å². The van der Waals surface area contributed by atoms with Gasteiger partial charge in [0.15, 0.2) is 0 Å². The summed E-state index contributed by atoms with van der Waals surface area (Å²) < 4.78 is 0. The Hall–Kier alpha value is -2.56. The molecule has 0 fully saturated rings. The van der Waals surface area contributed by atoms with Crippen LogP contribution in [-0.2, 0) is 4.84 Å².